The molecule has 0 aliphatic rings. The molecule has 0 amide bonds. The number of hydrogen-bond donors (Lipinski definition) is 0. The number of furan rings is 1. The molecule has 0 unspecified atom stereocenters. The number of aromatic nitrogens is 1. The lowest BCUT2D eigenvalue weighted by atomic mass is 9.82. The summed E-state index contributed by atoms with van der Waals surface area (Å²) in [6.07, 6.45) is 2.86. The fourth-order valence-corrected chi connectivity index (χ4v) is 6.28. The van der Waals surface area contributed by atoms with Crippen molar-refractivity contribution < 1.29 is 4.42 Å². The molecule has 0 bridgehead atoms. The van der Waals surface area contributed by atoms with Crippen molar-refractivity contribution in [1.29, 1.82) is 0 Å². The van der Waals surface area contributed by atoms with Crippen molar-refractivity contribution in [1.82, 2.24) is 4.98 Å². The molecular weight excluding hydrogens is 458 g/mol. The number of hydrogen-bond acceptors (Lipinski definition) is 3. The molecule has 0 saturated carbocycles. The van der Waals surface area contributed by atoms with E-state index in [-0.39, 0.29) is 5.41 Å². The molecule has 3 aromatic carbocycles. The lowest BCUT2D eigenvalue weighted by molar-refractivity contribution is 0.596. The molecule has 0 aliphatic carbocycles. The first-order valence-corrected chi connectivity index (χ1v) is 13.6. The van der Waals surface area contributed by atoms with E-state index in [0.29, 0.717) is 11.6 Å². The Morgan fingerprint density at radius 1 is 0.861 bits per heavy atom. The van der Waals surface area contributed by atoms with Crippen molar-refractivity contribution in [2.45, 2.75) is 46.5 Å². The van der Waals surface area contributed by atoms with Crippen LogP contribution in [0.25, 0.3) is 54.3 Å². The number of thiophene rings is 1. The topological polar surface area (TPSA) is 26.0 Å². The third-order valence-corrected chi connectivity index (χ3v) is 7.99. The van der Waals surface area contributed by atoms with E-state index in [1.54, 1.807) is 6.26 Å². The van der Waals surface area contributed by atoms with E-state index in [1.807, 2.05) is 17.4 Å². The van der Waals surface area contributed by atoms with Gasteiger partial charge in [-0.05, 0) is 91.9 Å². The summed E-state index contributed by atoms with van der Waals surface area (Å²) in [6, 6.07) is 24.4. The first-order valence-electron chi connectivity index (χ1n) is 12.7. The maximum atomic E-state index is 5.85. The van der Waals surface area contributed by atoms with Crippen LogP contribution in [0.4, 0.5) is 0 Å². The second-order valence-corrected chi connectivity index (χ2v) is 12.2. The van der Waals surface area contributed by atoms with Crippen LogP contribution in [-0.2, 0) is 11.8 Å². The van der Waals surface area contributed by atoms with Gasteiger partial charge in [0.25, 0.3) is 0 Å². The van der Waals surface area contributed by atoms with Crippen molar-refractivity contribution in [2.24, 2.45) is 5.92 Å². The van der Waals surface area contributed by atoms with Gasteiger partial charge in [-0.3, -0.25) is 0 Å². The average Bonchev–Trinajstić information content (AvgIpc) is 3.48. The van der Waals surface area contributed by atoms with Gasteiger partial charge in [0.05, 0.1) is 12.0 Å². The zero-order chi connectivity index (χ0) is 25.0. The van der Waals surface area contributed by atoms with Crippen LogP contribution in [0.15, 0.2) is 82.8 Å². The lowest BCUT2D eigenvalue weighted by Crippen LogP contribution is -2.12. The summed E-state index contributed by atoms with van der Waals surface area (Å²) in [7, 11) is 0. The van der Waals surface area contributed by atoms with Gasteiger partial charge in [-0.1, -0.05) is 71.0 Å². The lowest BCUT2D eigenvalue weighted by Gasteiger charge is -2.22. The number of pyridine rings is 1. The van der Waals surface area contributed by atoms with Gasteiger partial charge in [0.15, 0.2) is 0 Å². The average molecular weight is 490 g/mol. The summed E-state index contributed by atoms with van der Waals surface area (Å²) >= 11 is 1.84. The SMILES string of the molecule is CC(C)Cc1csc2cc(-c3cc(-c4cc(C(C)(C)C)c5ccccc5c4)nc4occc34)ccc12. The number of rotatable bonds is 4. The van der Waals surface area contributed by atoms with E-state index < -0.39 is 0 Å². The molecule has 36 heavy (non-hydrogen) atoms. The largest absolute Gasteiger partial charge is 0.446 e. The zero-order valence-electron chi connectivity index (χ0n) is 21.6. The molecule has 0 aliphatic heterocycles. The van der Waals surface area contributed by atoms with Crippen LogP contribution in [0.2, 0.25) is 0 Å². The molecule has 3 aromatic heterocycles. The first-order chi connectivity index (χ1) is 17.3. The molecule has 6 rings (SSSR count). The Labute approximate surface area is 216 Å². The third kappa shape index (κ3) is 4.02. The summed E-state index contributed by atoms with van der Waals surface area (Å²) < 4.78 is 7.19. The van der Waals surface area contributed by atoms with E-state index in [4.69, 9.17) is 9.40 Å². The molecule has 0 fully saturated rings. The monoisotopic (exact) mass is 489 g/mol. The van der Waals surface area contributed by atoms with Crippen LogP contribution in [0.3, 0.4) is 0 Å². The minimum Gasteiger partial charge on any atom is -0.446 e. The Morgan fingerprint density at radius 2 is 1.69 bits per heavy atom. The van der Waals surface area contributed by atoms with Gasteiger partial charge in [-0.15, -0.1) is 11.3 Å². The quantitative estimate of drug-likeness (QED) is 0.246. The van der Waals surface area contributed by atoms with Crippen molar-refractivity contribution in [3.8, 4) is 22.4 Å². The van der Waals surface area contributed by atoms with Gasteiger partial charge in [0.1, 0.15) is 0 Å². The van der Waals surface area contributed by atoms with Gasteiger partial charge < -0.3 is 4.42 Å². The first kappa shape index (κ1) is 23.0. The highest BCUT2D eigenvalue weighted by atomic mass is 32.1. The van der Waals surface area contributed by atoms with Crippen molar-refractivity contribution in [3.63, 3.8) is 0 Å². The van der Waals surface area contributed by atoms with Crippen molar-refractivity contribution in [3.05, 3.63) is 89.5 Å². The summed E-state index contributed by atoms with van der Waals surface area (Å²) in [4.78, 5) is 4.96. The number of fused-ring (bicyclic) bond motifs is 3. The highest BCUT2D eigenvalue weighted by molar-refractivity contribution is 7.17. The summed E-state index contributed by atoms with van der Waals surface area (Å²) in [5, 5.41) is 7.28. The van der Waals surface area contributed by atoms with Gasteiger partial charge in [-0.25, -0.2) is 4.98 Å². The van der Waals surface area contributed by atoms with Crippen molar-refractivity contribution >= 4 is 43.3 Å². The minimum atomic E-state index is 0.0190. The molecular formula is C33H31NOS. The van der Waals surface area contributed by atoms with E-state index in [2.05, 4.69) is 101 Å². The van der Waals surface area contributed by atoms with Crippen LogP contribution in [0.1, 0.15) is 45.7 Å². The molecule has 6 aromatic rings. The Morgan fingerprint density at radius 3 is 2.50 bits per heavy atom. The van der Waals surface area contributed by atoms with E-state index in [0.717, 1.165) is 28.6 Å². The smallest absolute Gasteiger partial charge is 0.227 e. The van der Waals surface area contributed by atoms with Crippen LogP contribution in [0, 0.1) is 5.92 Å². The number of nitrogens with zero attached hydrogens (tertiary/aromatic N) is 1. The summed E-state index contributed by atoms with van der Waals surface area (Å²) in [6.45, 7) is 11.4. The second kappa shape index (κ2) is 8.60. The summed E-state index contributed by atoms with van der Waals surface area (Å²) in [5.74, 6) is 0.649. The molecule has 0 spiro atoms. The van der Waals surface area contributed by atoms with E-state index in [9.17, 15) is 0 Å². The van der Waals surface area contributed by atoms with E-state index >= 15 is 0 Å². The fraction of sp³-hybridized carbons (Fsp3) is 0.242. The van der Waals surface area contributed by atoms with Crippen LogP contribution < -0.4 is 0 Å². The van der Waals surface area contributed by atoms with Crippen LogP contribution in [0.5, 0.6) is 0 Å². The molecule has 0 saturated heterocycles. The second-order valence-electron chi connectivity index (χ2n) is 11.3. The van der Waals surface area contributed by atoms with Gasteiger partial charge in [-0.2, -0.15) is 0 Å². The molecule has 0 N–H and O–H groups in total. The van der Waals surface area contributed by atoms with Crippen LogP contribution >= 0.6 is 11.3 Å². The molecule has 0 radical (unpaired) electrons. The fourth-order valence-electron chi connectivity index (χ4n) is 5.26. The minimum absolute atomic E-state index is 0.0190. The van der Waals surface area contributed by atoms with Crippen LogP contribution in [-0.4, -0.2) is 4.98 Å². The molecule has 2 nitrogen and oxygen atoms in total. The maximum Gasteiger partial charge on any atom is 0.227 e. The standard InChI is InChI=1S/C33H31NOS/c1-20(2)14-24-19-36-31-17-22(10-11-26(24)31)28-18-30(34-32-27(28)12-13-35-32)23-15-21-8-6-7-9-25(21)29(16-23)33(3,4)5/h6-13,15-20H,14H2,1-5H3. The van der Waals surface area contributed by atoms with Gasteiger partial charge >= 0.3 is 0 Å². The zero-order valence-corrected chi connectivity index (χ0v) is 22.4. The highest BCUT2D eigenvalue weighted by Crippen LogP contribution is 2.39. The maximum absolute atomic E-state index is 5.85. The third-order valence-electron chi connectivity index (χ3n) is 7.00. The molecule has 3 heteroatoms. The van der Waals surface area contributed by atoms with E-state index in [1.165, 1.54) is 37.5 Å². The molecule has 0 atom stereocenters. The highest BCUT2D eigenvalue weighted by Gasteiger charge is 2.20. The predicted octanol–water partition coefficient (Wildman–Crippen LogP) is 10.0. The van der Waals surface area contributed by atoms with Crippen molar-refractivity contribution in [2.75, 3.05) is 0 Å². The van der Waals surface area contributed by atoms with Gasteiger partial charge in [0, 0.05) is 15.6 Å². The Balaban J connectivity index is 1.54. The van der Waals surface area contributed by atoms with Gasteiger partial charge in [0.2, 0.25) is 5.71 Å². The Hall–Kier alpha value is -3.43. The Kier molecular flexibility index (Phi) is 5.49. The summed E-state index contributed by atoms with van der Waals surface area (Å²) in [5.41, 5.74) is 7.90. The normalized spacial score (nSPS) is 12.4. The molecule has 3 heterocycles. The predicted molar refractivity (Wildman–Crippen MR) is 155 cm³/mol. The Bertz CT molecular complexity index is 1730. The molecule has 180 valence electrons. The number of benzene rings is 3.